The average Bonchev–Trinajstić information content (AvgIpc) is 3.15. The second-order valence-corrected chi connectivity index (χ2v) is 6.17. The summed E-state index contributed by atoms with van der Waals surface area (Å²) in [7, 11) is 0. The van der Waals surface area contributed by atoms with Gasteiger partial charge in [0.15, 0.2) is 0 Å². The summed E-state index contributed by atoms with van der Waals surface area (Å²) in [6.07, 6.45) is 7.03. The highest BCUT2D eigenvalue weighted by Gasteiger charge is 2.36. The molecule has 0 saturated heterocycles. The van der Waals surface area contributed by atoms with Crippen molar-refractivity contribution in [2.24, 2.45) is 17.8 Å². The molecular formula is C19H18O2. The van der Waals surface area contributed by atoms with Crippen LogP contribution in [-0.2, 0) is 4.74 Å². The van der Waals surface area contributed by atoms with Crippen LogP contribution in [0.5, 0.6) is 0 Å². The zero-order valence-corrected chi connectivity index (χ0v) is 11.9. The van der Waals surface area contributed by atoms with Crippen LogP contribution in [0.2, 0.25) is 0 Å². The summed E-state index contributed by atoms with van der Waals surface area (Å²) in [5.41, 5.74) is 0.673. The summed E-state index contributed by atoms with van der Waals surface area (Å²) in [4.78, 5) is 12.4. The first-order valence-corrected chi connectivity index (χ1v) is 7.64. The predicted molar refractivity (Wildman–Crippen MR) is 83.1 cm³/mol. The van der Waals surface area contributed by atoms with E-state index in [9.17, 15) is 4.79 Å². The van der Waals surface area contributed by atoms with Gasteiger partial charge in [0.25, 0.3) is 0 Å². The van der Waals surface area contributed by atoms with Gasteiger partial charge in [-0.2, -0.15) is 0 Å². The molecule has 2 bridgehead atoms. The van der Waals surface area contributed by atoms with Crippen LogP contribution in [0.1, 0.15) is 23.2 Å². The van der Waals surface area contributed by atoms with Gasteiger partial charge < -0.3 is 4.74 Å². The van der Waals surface area contributed by atoms with Crippen molar-refractivity contribution >= 4 is 16.7 Å². The first-order chi connectivity index (χ1) is 10.3. The Morgan fingerprint density at radius 2 is 1.90 bits per heavy atom. The molecule has 3 unspecified atom stereocenters. The fraction of sp³-hybridized carbons (Fsp3) is 0.316. The Kier molecular flexibility index (Phi) is 3.03. The number of carbonyl (C=O) groups excluding carboxylic acids is 1. The number of ether oxygens (including phenoxy) is 1. The van der Waals surface area contributed by atoms with Gasteiger partial charge in [-0.05, 0) is 47.4 Å². The maximum atomic E-state index is 12.4. The standard InChI is InChI=1S/C19H18O2/c20-19(21-12-16-11-13-8-9-15(16)10-13)18-7-3-5-14-4-1-2-6-17(14)18/h1-9,13,15-16H,10-12H2. The van der Waals surface area contributed by atoms with Gasteiger partial charge in [-0.3, -0.25) is 0 Å². The molecule has 21 heavy (non-hydrogen) atoms. The number of hydrogen-bond acceptors (Lipinski definition) is 2. The molecule has 2 aromatic carbocycles. The summed E-state index contributed by atoms with van der Waals surface area (Å²) in [6.45, 7) is 0.549. The van der Waals surface area contributed by atoms with E-state index in [-0.39, 0.29) is 5.97 Å². The minimum Gasteiger partial charge on any atom is -0.462 e. The van der Waals surface area contributed by atoms with Crippen molar-refractivity contribution in [3.8, 4) is 0 Å². The molecule has 0 aromatic heterocycles. The molecule has 0 heterocycles. The number of esters is 1. The van der Waals surface area contributed by atoms with Crippen LogP contribution in [0.4, 0.5) is 0 Å². The number of allylic oxidation sites excluding steroid dienone is 2. The Morgan fingerprint density at radius 1 is 1.05 bits per heavy atom. The maximum absolute atomic E-state index is 12.4. The molecule has 0 amide bonds. The third-order valence-corrected chi connectivity index (χ3v) is 4.85. The molecule has 106 valence electrons. The van der Waals surface area contributed by atoms with Gasteiger partial charge in [-0.15, -0.1) is 0 Å². The summed E-state index contributed by atoms with van der Waals surface area (Å²) >= 11 is 0. The zero-order valence-electron chi connectivity index (χ0n) is 11.9. The highest BCUT2D eigenvalue weighted by molar-refractivity contribution is 6.04. The zero-order chi connectivity index (χ0) is 14.2. The fourth-order valence-corrected chi connectivity index (χ4v) is 3.75. The molecule has 2 aliphatic carbocycles. The lowest BCUT2D eigenvalue weighted by Gasteiger charge is -2.18. The number of hydrogen-bond donors (Lipinski definition) is 0. The van der Waals surface area contributed by atoms with E-state index < -0.39 is 0 Å². The normalized spacial score (nSPS) is 26.4. The number of fused-ring (bicyclic) bond motifs is 3. The number of benzene rings is 2. The van der Waals surface area contributed by atoms with Crippen LogP contribution in [0.3, 0.4) is 0 Å². The number of rotatable bonds is 3. The van der Waals surface area contributed by atoms with Crippen molar-refractivity contribution in [1.29, 1.82) is 0 Å². The molecule has 0 N–H and O–H groups in total. The van der Waals surface area contributed by atoms with Crippen molar-refractivity contribution in [3.05, 3.63) is 60.2 Å². The van der Waals surface area contributed by atoms with Gasteiger partial charge >= 0.3 is 5.97 Å². The van der Waals surface area contributed by atoms with Gasteiger partial charge in [-0.25, -0.2) is 4.79 Å². The molecule has 0 aliphatic heterocycles. The van der Waals surface area contributed by atoms with E-state index in [1.54, 1.807) is 0 Å². The van der Waals surface area contributed by atoms with Gasteiger partial charge in [0, 0.05) is 0 Å². The Labute approximate surface area is 124 Å². The van der Waals surface area contributed by atoms with E-state index in [4.69, 9.17) is 4.74 Å². The summed E-state index contributed by atoms with van der Waals surface area (Å²) in [6, 6.07) is 13.7. The first kappa shape index (κ1) is 12.6. The molecule has 2 heteroatoms. The first-order valence-electron chi connectivity index (χ1n) is 7.64. The Balaban J connectivity index is 1.50. The van der Waals surface area contributed by atoms with E-state index in [2.05, 4.69) is 12.2 Å². The Morgan fingerprint density at radius 3 is 2.71 bits per heavy atom. The summed E-state index contributed by atoms with van der Waals surface area (Å²) in [5.74, 6) is 1.66. The molecule has 1 fully saturated rings. The van der Waals surface area contributed by atoms with Crippen molar-refractivity contribution < 1.29 is 9.53 Å². The van der Waals surface area contributed by atoms with Gasteiger partial charge in [0.1, 0.15) is 0 Å². The van der Waals surface area contributed by atoms with E-state index in [0.29, 0.717) is 24.0 Å². The van der Waals surface area contributed by atoms with Crippen LogP contribution >= 0.6 is 0 Å². The lowest BCUT2D eigenvalue weighted by molar-refractivity contribution is 0.0423. The Hall–Kier alpha value is -2.09. The molecule has 0 radical (unpaired) electrons. The van der Waals surface area contributed by atoms with Crippen LogP contribution in [0.25, 0.3) is 10.8 Å². The molecule has 1 saturated carbocycles. The largest absolute Gasteiger partial charge is 0.462 e. The number of carbonyl (C=O) groups is 1. The van der Waals surface area contributed by atoms with Gasteiger partial charge in [-0.1, -0.05) is 48.6 Å². The average molecular weight is 278 g/mol. The molecule has 4 rings (SSSR count). The molecule has 0 spiro atoms. The highest BCUT2D eigenvalue weighted by atomic mass is 16.5. The van der Waals surface area contributed by atoms with Crippen molar-refractivity contribution in [1.82, 2.24) is 0 Å². The quantitative estimate of drug-likeness (QED) is 0.621. The Bertz CT molecular complexity index is 711. The van der Waals surface area contributed by atoms with Crippen molar-refractivity contribution in [2.45, 2.75) is 12.8 Å². The lowest BCUT2D eigenvalue weighted by Crippen LogP contribution is -2.17. The van der Waals surface area contributed by atoms with Crippen molar-refractivity contribution in [3.63, 3.8) is 0 Å². The molecule has 2 nitrogen and oxygen atoms in total. The van der Waals surface area contributed by atoms with E-state index >= 15 is 0 Å². The van der Waals surface area contributed by atoms with Crippen LogP contribution in [0.15, 0.2) is 54.6 Å². The SMILES string of the molecule is O=C(OCC1CC2C=CC1C2)c1cccc2ccccc12. The topological polar surface area (TPSA) is 26.3 Å². The molecular weight excluding hydrogens is 260 g/mol. The van der Waals surface area contributed by atoms with Crippen LogP contribution in [0, 0.1) is 17.8 Å². The highest BCUT2D eigenvalue weighted by Crippen LogP contribution is 2.43. The van der Waals surface area contributed by atoms with Crippen LogP contribution in [-0.4, -0.2) is 12.6 Å². The molecule has 2 aliphatic rings. The van der Waals surface area contributed by atoms with Crippen LogP contribution < -0.4 is 0 Å². The smallest absolute Gasteiger partial charge is 0.338 e. The minimum absolute atomic E-state index is 0.196. The fourth-order valence-electron chi connectivity index (χ4n) is 3.75. The lowest BCUT2D eigenvalue weighted by atomic mass is 9.94. The van der Waals surface area contributed by atoms with E-state index in [0.717, 1.165) is 16.7 Å². The minimum atomic E-state index is -0.196. The van der Waals surface area contributed by atoms with E-state index in [1.807, 2.05) is 42.5 Å². The monoisotopic (exact) mass is 278 g/mol. The predicted octanol–water partition coefficient (Wildman–Crippen LogP) is 4.21. The summed E-state index contributed by atoms with van der Waals surface area (Å²) < 4.78 is 5.60. The molecule has 2 aromatic rings. The second kappa shape index (κ2) is 5.03. The third kappa shape index (κ3) is 2.25. The maximum Gasteiger partial charge on any atom is 0.338 e. The summed E-state index contributed by atoms with van der Waals surface area (Å²) in [5, 5.41) is 2.05. The third-order valence-electron chi connectivity index (χ3n) is 4.85. The van der Waals surface area contributed by atoms with E-state index in [1.165, 1.54) is 12.8 Å². The van der Waals surface area contributed by atoms with Gasteiger partial charge in [0.05, 0.1) is 12.2 Å². The van der Waals surface area contributed by atoms with Gasteiger partial charge in [0.2, 0.25) is 0 Å². The molecule has 3 atom stereocenters. The second-order valence-electron chi connectivity index (χ2n) is 6.17. The van der Waals surface area contributed by atoms with Crippen molar-refractivity contribution in [2.75, 3.05) is 6.61 Å².